The lowest BCUT2D eigenvalue weighted by Crippen LogP contribution is -2.17. The topological polar surface area (TPSA) is 46.5 Å². The van der Waals surface area contributed by atoms with E-state index < -0.39 is 5.97 Å². The summed E-state index contributed by atoms with van der Waals surface area (Å²) < 4.78 is 5.85. The van der Waals surface area contributed by atoms with Gasteiger partial charge in [0.1, 0.15) is 0 Å². The lowest BCUT2D eigenvalue weighted by molar-refractivity contribution is -0.136. The highest BCUT2D eigenvalue weighted by atomic mass is 28.2. The summed E-state index contributed by atoms with van der Waals surface area (Å²) in [4.78, 5) is 10.7. The molecule has 1 N–H and O–H groups in total. The molecule has 0 atom stereocenters. The molecule has 0 aliphatic carbocycles. The highest BCUT2D eigenvalue weighted by Gasteiger charge is 2.19. The van der Waals surface area contributed by atoms with Gasteiger partial charge in [0, 0.05) is 13.0 Å². The van der Waals surface area contributed by atoms with Gasteiger partial charge in [0.05, 0.1) is 0 Å². The van der Waals surface area contributed by atoms with E-state index in [9.17, 15) is 4.79 Å². The van der Waals surface area contributed by atoms with Gasteiger partial charge in [-0.1, -0.05) is 51.5 Å². The second-order valence-electron chi connectivity index (χ2n) is 6.00. The van der Waals surface area contributed by atoms with Gasteiger partial charge in [-0.05, 0) is 35.4 Å². The molecule has 2 radical (unpaired) electrons. The number of carbonyl (C=O) groups is 1. The quantitative estimate of drug-likeness (QED) is 0.527. The zero-order valence-corrected chi connectivity index (χ0v) is 14.3. The molecule has 0 fully saturated rings. The molecule has 0 spiro atoms. The third kappa shape index (κ3) is 7.44. The smallest absolute Gasteiger partial charge is 0.303 e. The number of hydrogen-bond donors (Lipinski definition) is 1. The highest BCUT2D eigenvalue weighted by molar-refractivity contribution is 6.31. The van der Waals surface area contributed by atoms with Gasteiger partial charge in [-0.25, -0.2) is 0 Å². The lowest BCUT2D eigenvalue weighted by atomic mass is 10.0. The van der Waals surface area contributed by atoms with Gasteiger partial charge in [0.25, 0.3) is 0 Å². The van der Waals surface area contributed by atoms with E-state index in [2.05, 4.69) is 26.8 Å². The Morgan fingerprint density at radius 2 is 1.86 bits per heavy atom. The number of hydrogen-bond acceptors (Lipinski definition) is 2. The van der Waals surface area contributed by atoms with Crippen LogP contribution in [0.1, 0.15) is 51.2 Å². The van der Waals surface area contributed by atoms with E-state index in [1.165, 1.54) is 18.4 Å². The average Bonchev–Trinajstić information content (AvgIpc) is 2.42. The van der Waals surface area contributed by atoms with E-state index in [1.807, 2.05) is 18.2 Å². The van der Waals surface area contributed by atoms with E-state index in [0.29, 0.717) is 22.8 Å². The van der Waals surface area contributed by atoms with Crippen LogP contribution in [0.25, 0.3) is 0 Å². The van der Waals surface area contributed by atoms with Crippen molar-refractivity contribution >= 4 is 15.7 Å². The van der Waals surface area contributed by atoms with Crippen molar-refractivity contribution in [3.8, 4) is 0 Å². The third-order valence-corrected chi connectivity index (χ3v) is 4.57. The Kier molecular flexibility index (Phi) is 7.68. The fourth-order valence-electron chi connectivity index (χ4n) is 2.37. The van der Waals surface area contributed by atoms with Gasteiger partial charge in [-0.3, -0.25) is 4.79 Å². The van der Waals surface area contributed by atoms with Crippen LogP contribution in [-0.4, -0.2) is 27.4 Å². The largest absolute Gasteiger partial charge is 0.481 e. The molecule has 0 saturated carbocycles. The Hall–Kier alpha value is -1.13. The molecule has 116 valence electrons. The van der Waals surface area contributed by atoms with Crippen LogP contribution in [0.2, 0.25) is 5.04 Å². The summed E-state index contributed by atoms with van der Waals surface area (Å²) in [7, 11) is 0.517. The van der Waals surface area contributed by atoms with Crippen molar-refractivity contribution < 1.29 is 14.3 Å². The monoisotopic (exact) mass is 306 g/mol. The first kappa shape index (κ1) is 17.9. The zero-order valence-electron chi connectivity index (χ0n) is 13.3. The van der Waals surface area contributed by atoms with Gasteiger partial charge in [-0.15, -0.1) is 0 Å². The van der Waals surface area contributed by atoms with Crippen molar-refractivity contribution in [3.63, 3.8) is 0 Å². The normalized spacial score (nSPS) is 11.6. The molecule has 0 saturated heterocycles. The van der Waals surface area contributed by atoms with Crippen molar-refractivity contribution in [3.05, 3.63) is 35.4 Å². The summed E-state index contributed by atoms with van der Waals surface area (Å²) >= 11 is 0. The van der Waals surface area contributed by atoms with E-state index >= 15 is 0 Å². The minimum Gasteiger partial charge on any atom is -0.481 e. The number of carboxylic acids is 1. The maximum absolute atomic E-state index is 10.7. The maximum Gasteiger partial charge on any atom is 0.303 e. The predicted molar refractivity (Wildman–Crippen MR) is 86.8 cm³/mol. The summed E-state index contributed by atoms with van der Waals surface area (Å²) in [5.41, 5.74) is 2.33. The SMILES string of the molecule is CCCC(C)(C)[Si]OCCc1ccccc1CCC(=O)O. The highest BCUT2D eigenvalue weighted by Crippen LogP contribution is 2.28. The average molecular weight is 306 g/mol. The number of aliphatic carboxylic acids is 1. The Morgan fingerprint density at radius 1 is 1.24 bits per heavy atom. The first-order valence-electron chi connectivity index (χ1n) is 7.62. The van der Waals surface area contributed by atoms with Gasteiger partial charge < -0.3 is 9.53 Å². The molecule has 4 heteroatoms. The molecule has 3 nitrogen and oxygen atoms in total. The van der Waals surface area contributed by atoms with Crippen LogP contribution in [0, 0.1) is 0 Å². The molecule has 1 rings (SSSR count). The Morgan fingerprint density at radius 3 is 2.43 bits per heavy atom. The summed E-state index contributed by atoms with van der Waals surface area (Å²) in [6.07, 6.45) is 3.99. The van der Waals surface area contributed by atoms with Gasteiger partial charge in [0.2, 0.25) is 9.76 Å². The molecule has 0 amide bonds. The van der Waals surface area contributed by atoms with Crippen molar-refractivity contribution in [2.24, 2.45) is 0 Å². The minimum absolute atomic E-state index is 0.184. The van der Waals surface area contributed by atoms with Crippen LogP contribution in [0.15, 0.2) is 24.3 Å². The number of benzene rings is 1. The van der Waals surface area contributed by atoms with Crippen LogP contribution in [0.4, 0.5) is 0 Å². The first-order valence-corrected chi connectivity index (χ1v) is 8.53. The molecule has 0 aliphatic heterocycles. The standard InChI is InChI=1S/C17H26O3Si/c1-4-12-17(2,3)21-20-13-11-15-8-6-5-7-14(15)9-10-16(18)19/h5-8H,4,9-13H2,1-3H3,(H,18,19). The Labute approximate surface area is 130 Å². The molecule has 0 aromatic heterocycles. The van der Waals surface area contributed by atoms with Crippen LogP contribution in [-0.2, 0) is 22.1 Å². The van der Waals surface area contributed by atoms with Crippen LogP contribution in [0.5, 0.6) is 0 Å². The number of carboxylic acid groups (broad SMARTS) is 1. The van der Waals surface area contributed by atoms with Crippen molar-refractivity contribution in [1.82, 2.24) is 0 Å². The third-order valence-electron chi connectivity index (χ3n) is 3.42. The van der Waals surface area contributed by atoms with Crippen molar-refractivity contribution in [2.45, 2.75) is 57.9 Å². The van der Waals surface area contributed by atoms with Crippen molar-refractivity contribution in [1.29, 1.82) is 0 Å². The molecule has 0 aliphatic rings. The van der Waals surface area contributed by atoms with Crippen molar-refractivity contribution in [2.75, 3.05) is 6.61 Å². The molecular weight excluding hydrogens is 280 g/mol. The second-order valence-corrected chi connectivity index (χ2v) is 7.84. The first-order chi connectivity index (χ1) is 9.94. The number of rotatable bonds is 10. The fraction of sp³-hybridized carbons (Fsp3) is 0.588. The Bertz CT molecular complexity index is 443. The van der Waals surface area contributed by atoms with E-state index in [4.69, 9.17) is 9.53 Å². The zero-order chi connectivity index (χ0) is 15.7. The number of aryl methyl sites for hydroxylation is 1. The summed E-state index contributed by atoms with van der Waals surface area (Å²) in [6, 6.07) is 8.05. The second kappa shape index (κ2) is 9.00. The summed E-state index contributed by atoms with van der Waals surface area (Å²) in [6.45, 7) is 7.39. The molecular formula is C17H26O3Si. The molecule has 1 aromatic carbocycles. The summed E-state index contributed by atoms with van der Waals surface area (Å²) in [5, 5.41) is 9.06. The van der Waals surface area contributed by atoms with Crippen LogP contribution < -0.4 is 0 Å². The lowest BCUT2D eigenvalue weighted by Gasteiger charge is -2.21. The fourth-order valence-corrected chi connectivity index (χ4v) is 3.32. The summed E-state index contributed by atoms with van der Waals surface area (Å²) in [5.74, 6) is -0.746. The molecule has 1 aromatic rings. The van der Waals surface area contributed by atoms with E-state index in [1.54, 1.807) is 0 Å². The predicted octanol–water partition coefficient (Wildman–Crippen LogP) is 3.88. The van der Waals surface area contributed by atoms with Crippen LogP contribution >= 0.6 is 0 Å². The molecule has 21 heavy (non-hydrogen) atoms. The Balaban J connectivity index is 2.43. The molecule has 0 bridgehead atoms. The maximum atomic E-state index is 10.7. The van der Waals surface area contributed by atoms with Gasteiger partial charge >= 0.3 is 5.97 Å². The van der Waals surface area contributed by atoms with Gasteiger partial charge in [0.15, 0.2) is 0 Å². The molecule has 0 heterocycles. The van der Waals surface area contributed by atoms with Gasteiger partial charge in [-0.2, -0.15) is 0 Å². The minimum atomic E-state index is -0.746. The van der Waals surface area contributed by atoms with E-state index in [-0.39, 0.29) is 11.5 Å². The molecule has 0 unspecified atom stereocenters. The van der Waals surface area contributed by atoms with E-state index in [0.717, 1.165) is 12.0 Å². The van der Waals surface area contributed by atoms with Crippen LogP contribution in [0.3, 0.4) is 0 Å².